The molecule has 1 rings (SSSR count). The lowest BCUT2D eigenvalue weighted by Crippen LogP contribution is -2.10. The lowest BCUT2D eigenvalue weighted by Gasteiger charge is -2.12. The summed E-state index contributed by atoms with van der Waals surface area (Å²) in [6.45, 7) is 1.63. The topological polar surface area (TPSA) is 73.1 Å². The van der Waals surface area contributed by atoms with Crippen LogP contribution < -0.4 is 5.32 Å². The van der Waals surface area contributed by atoms with Gasteiger partial charge in [0.15, 0.2) is 0 Å². The molecule has 7 heteroatoms. The van der Waals surface area contributed by atoms with E-state index in [1.54, 1.807) is 0 Å². The van der Waals surface area contributed by atoms with Gasteiger partial charge in [0, 0.05) is 18.3 Å². The van der Waals surface area contributed by atoms with E-state index in [0.29, 0.717) is 5.57 Å². The van der Waals surface area contributed by atoms with E-state index in [4.69, 9.17) is 10.4 Å². The second-order valence-corrected chi connectivity index (χ2v) is 4.05. The summed E-state index contributed by atoms with van der Waals surface area (Å²) in [7, 11) is 0. The van der Waals surface area contributed by atoms with Gasteiger partial charge in [-0.1, -0.05) is 0 Å². The number of carbonyl (C=O) groups is 1. The fourth-order valence-electron chi connectivity index (χ4n) is 1.49. The van der Waals surface area contributed by atoms with Gasteiger partial charge in [0.25, 0.3) is 0 Å². The predicted molar refractivity (Wildman–Crippen MR) is 66.0 cm³/mol. The molecule has 4 nitrogen and oxygen atoms in total. The Hall–Kier alpha value is -2.49. The summed E-state index contributed by atoms with van der Waals surface area (Å²) >= 11 is 0. The fraction of sp³-hybridized carbons (Fsp3) is 0.231. The van der Waals surface area contributed by atoms with E-state index >= 15 is 0 Å². The summed E-state index contributed by atoms with van der Waals surface area (Å²) in [4.78, 5) is 10.4. The average molecular weight is 284 g/mol. The molecule has 106 valence electrons. The quantitative estimate of drug-likeness (QED) is 0.833. The number of alkyl halides is 3. The molecular weight excluding hydrogens is 273 g/mol. The van der Waals surface area contributed by atoms with Crippen molar-refractivity contribution in [3.05, 3.63) is 41.0 Å². The first-order chi connectivity index (χ1) is 9.24. The number of nitriles is 1. The Bertz CT molecular complexity index is 586. The number of nitrogens with zero attached hydrogens (tertiary/aromatic N) is 1. The molecule has 2 N–H and O–H groups in total. The zero-order chi connectivity index (χ0) is 15.3. The Balaban J connectivity index is 2.94. The molecule has 0 saturated heterocycles. The van der Waals surface area contributed by atoms with Crippen LogP contribution in [0, 0.1) is 11.3 Å². The van der Waals surface area contributed by atoms with Crippen LogP contribution in [0.15, 0.2) is 29.8 Å². The Morgan fingerprint density at radius 1 is 1.50 bits per heavy atom. The summed E-state index contributed by atoms with van der Waals surface area (Å²) < 4.78 is 38.2. The highest BCUT2D eigenvalue weighted by Gasteiger charge is 2.33. The van der Waals surface area contributed by atoms with Crippen molar-refractivity contribution in [2.75, 3.05) is 11.9 Å². The van der Waals surface area contributed by atoms with Crippen molar-refractivity contribution in [2.45, 2.75) is 13.1 Å². The number of hydrogen-bond acceptors (Lipinski definition) is 3. The molecule has 0 radical (unpaired) electrons. The number of nitrogens with one attached hydrogen (secondary N) is 1. The summed E-state index contributed by atoms with van der Waals surface area (Å²) in [5.74, 6) is -1.12. The first-order valence-corrected chi connectivity index (χ1v) is 5.49. The van der Waals surface area contributed by atoms with Gasteiger partial charge in [-0.3, -0.25) is 0 Å². The van der Waals surface area contributed by atoms with Gasteiger partial charge < -0.3 is 10.4 Å². The summed E-state index contributed by atoms with van der Waals surface area (Å²) in [6, 6.07) is 4.72. The second kappa shape index (κ2) is 6.10. The van der Waals surface area contributed by atoms with Crippen molar-refractivity contribution in [3.8, 4) is 6.07 Å². The van der Waals surface area contributed by atoms with Crippen LogP contribution in [0.25, 0.3) is 0 Å². The lowest BCUT2D eigenvalue weighted by molar-refractivity contribution is -0.137. The first kappa shape index (κ1) is 15.6. The van der Waals surface area contributed by atoms with E-state index in [1.807, 2.05) is 0 Å². The molecular formula is C13H11F3N2O2. The molecule has 0 amide bonds. The van der Waals surface area contributed by atoms with Crippen molar-refractivity contribution in [2.24, 2.45) is 0 Å². The molecule has 0 heterocycles. The van der Waals surface area contributed by atoms with Gasteiger partial charge in [-0.2, -0.15) is 18.4 Å². The molecule has 0 aliphatic rings. The molecule has 0 atom stereocenters. The van der Waals surface area contributed by atoms with Crippen LogP contribution >= 0.6 is 0 Å². The number of rotatable bonds is 4. The van der Waals surface area contributed by atoms with Crippen molar-refractivity contribution in [1.29, 1.82) is 5.26 Å². The maximum Gasteiger partial charge on any atom is 0.417 e. The van der Waals surface area contributed by atoms with Crippen LogP contribution in [0.3, 0.4) is 0 Å². The van der Waals surface area contributed by atoms with E-state index in [-0.39, 0.29) is 12.2 Å². The van der Waals surface area contributed by atoms with Crippen molar-refractivity contribution in [3.63, 3.8) is 0 Å². The Labute approximate surface area is 113 Å². The van der Waals surface area contributed by atoms with Crippen LogP contribution in [0.1, 0.15) is 18.1 Å². The number of carboxylic acid groups (broad SMARTS) is 1. The Morgan fingerprint density at radius 3 is 2.65 bits per heavy atom. The fourth-order valence-corrected chi connectivity index (χ4v) is 1.49. The van der Waals surface area contributed by atoms with E-state index in [2.05, 4.69) is 5.32 Å². The van der Waals surface area contributed by atoms with Gasteiger partial charge in [0.1, 0.15) is 0 Å². The molecule has 0 saturated carbocycles. The minimum atomic E-state index is -4.62. The van der Waals surface area contributed by atoms with E-state index in [1.165, 1.54) is 19.1 Å². The molecule has 0 bridgehead atoms. The zero-order valence-electron chi connectivity index (χ0n) is 10.5. The number of anilines is 1. The van der Waals surface area contributed by atoms with E-state index in [9.17, 15) is 18.0 Å². The Morgan fingerprint density at radius 2 is 2.15 bits per heavy atom. The molecule has 1 aromatic rings. The first-order valence-electron chi connectivity index (χ1n) is 5.49. The standard InChI is InChI=1S/C13H11F3N2O2/c1-8(4-12(19)20)7-18-10-3-2-9(6-17)11(5-10)13(14,15)16/h2-5,18H,7H2,1H3,(H,19,20)/b8-4-. The van der Waals surface area contributed by atoms with Gasteiger partial charge in [0.05, 0.1) is 17.2 Å². The molecule has 0 aliphatic carbocycles. The minimum absolute atomic E-state index is 0.0928. The average Bonchev–Trinajstić information content (AvgIpc) is 2.34. The van der Waals surface area contributed by atoms with Gasteiger partial charge in [-0.05, 0) is 30.7 Å². The molecule has 1 aromatic carbocycles. The highest BCUT2D eigenvalue weighted by atomic mass is 19.4. The van der Waals surface area contributed by atoms with Crippen LogP contribution in [0.5, 0.6) is 0 Å². The van der Waals surface area contributed by atoms with Crippen LogP contribution in [-0.2, 0) is 11.0 Å². The number of aliphatic carboxylic acids is 1. The normalized spacial score (nSPS) is 11.8. The Kier molecular flexibility index (Phi) is 4.75. The summed E-state index contributed by atoms with van der Waals surface area (Å²) in [6.07, 6.45) is -3.66. The second-order valence-electron chi connectivity index (χ2n) is 4.05. The third-order valence-corrected chi connectivity index (χ3v) is 2.39. The largest absolute Gasteiger partial charge is 0.478 e. The van der Waals surface area contributed by atoms with Gasteiger partial charge in [0.2, 0.25) is 0 Å². The highest BCUT2D eigenvalue weighted by molar-refractivity contribution is 5.80. The number of carboxylic acids is 1. The molecule has 0 spiro atoms. The summed E-state index contributed by atoms with van der Waals surface area (Å²) in [5.41, 5.74) is -0.865. The number of benzene rings is 1. The van der Waals surface area contributed by atoms with E-state index < -0.39 is 23.3 Å². The third-order valence-electron chi connectivity index (χ3n) is 2.39. The predicted octanol–water partition coefficient (Wildman–Crippen LogP) is 3.02. The molecule has 0 unspecified atom stereocenters. The highest BCUT2D eigenvalue weighted by Crippen LogP contribution is 2.33. The molecule has 20 heavy (non-hydrogen) atoms. The van der Waals surface area contributed by atoms with Gasteiger partial charge in [-0.25, -0.2) is 4.79 Å². The van der Waals surface area contributed by atoms with Gasteiger partial charge >= 0.3 is 12.1 Å². The maximum absolute atomic E-state index is 12.7. The zero-order valence-corrected chi connectivity index (χ0v) is 10.5. The number of hydrogen-bond donors (Lipinski definition) is 2. The van der Waals surface area contributed by atoms with Crippen molar-refractivity contribution >= 4 is 11.7 Å². The summed E-state index contributed by atoms with van der Waals surface area (Å²) in [5, 5.41) is 19.8. The third kappa shape index (κ3) is 4.31. The molecule has 0 aromatic heterocycles. The monoisotopic (exact) mass is 284 g/mol. The van der Waals surface area contributed by atoms with Crippen LogP contribution in [-0.4, -0.2) is 17.6 Å². The van der Waals surface area contributed by atoms with Crippen molar-refractivity contribution in [1.82, 2.24) is 0 Å². The van der Waals surface area contributed by atoms with E-state index in [0.717, 1.165) is 18.2 Å². The van der Waals surface area contributed by atoms with Crippen LogP contribution in [0.4, 0.5) is 18.9 Å². The lowest BCUT2D eigenvalue weighted by atomic mass is 10.1. The number of halogens is 3. The van der Waals surface area contributed by atoms with Crippen molar-refractivity contribution < 1.29 is 23.1 Å². The smallest absolute Gasteiger partial charge is 0.417 e. The maximum atomic E-state index is 12.7. The molecule has 0 fully saturated rings. The van der Waals surface area contributed by atoms with Gasteiger partial charge in [-0.15, -0.1) is 0 Å². The minimum Gasteiger partial charge on any atom is -0.478 e. The SMILES string of the molecule is C/C(=C/C(=O)O)CNc1ccc(C#N)c(C(F)(F)F)c1. The van der Waals surface area contributed by atoms with Crippen LogP contribution in [0.2, 0.25) is 0 Å². The molecule has 0 aliphatic heterocycles.